The Morgan fingerprint density at radius 2 is 1.80 bits per heavy atom. The van der Waals surface area contributed by atoms with Crippen LogP contribution < -0.4 is 15.0 Å². The molecule has 0 radical (unpaired) electrons. The summed E-state index contributed by atoms with van der Waals surface area (Å²) in [5, 5.41) is 5.20. The highest BCUT2D eigenvalue weighted by molar-refractivity contribution is 5.86. The zero-order valence-electron chi connectivity index (χ0n) is 18.6. The molecule has 5 rings (SSSR count). The second-order valence-corrected chi connectivity index (χ2v) is 7.79. The molecule has 8 nitrogen and oxygen atoms in total. The highest BCUT2D eigenvalue weighted by Crippen LogP contribution is 2.26. The molecule has 0 N–H and O–H groups in total. The number of benzene rings is 2. The van der Waals surface area contributed by atoms with E-state index in [1.54, 1.807) is 48.1 Å². The minimum atomic E-state index is -4.54. The number of ether oxygens (including phenoxy) is 2. The van der Waals surface area contributed by atoms with Gasteiger partial charge in [-0.3, -0.25) is 14.0 Å². The van der Waals surface area contributed by atoms with Crippen molar-refractivity contribution in [3.63, 3.8) is 0 Å². The van der Waals surface area contributed by atoms with Gasteiger partial charge in [0.1, 0.15) is 11.3 Å². The van der Waals surface area contributed by atoms with Gasteiger partial charge in [-0.1, -0.05) is 6.07 Å². The molecule has 2 aromatic carbocycles. The molecule has 0 saturated carbocycles. The van der Waals surface area contributed by atoms with Crippen LogP contribution in [0.5, 0.6) is 11.6 Å². The van der Waals surface area contributed by atoms with Crippen molar-refractivity contribution in [3.05, 3.63) is 71.3 Å². The molecule has 0 aliphatic carbocycles. The Morgan fingerprint density at radius 1 is 1.03 bits per heavy atom. The molecule has 11 heteroatoms. The Hall–Kier alpha value is -4.41. The van der Waals surface area contributed by atoms with E-state index in [9.17, 15) is 18.0 Å². The number of methoxy groups -OCH3 is 1. The molecule has 0 aliphatic rings. The van der Waals surface area contributed by atoms with Crippen molar-refractivity contribution in [2.45, 2.75) is 6.18 Å². The molecule has 3 heterocycles. The summed E-state index contributed by atoms with van der Waals surface area (Å²) in [5.74, 6) is 0.227. The molecular formula is C24H18F3N5O3. The molecule has 0 unspecified atom stereocenters. The molecule has 0 bridgehead atoms. The van der Waals surface area contributed by atoms with E-state index >= 15 is 0 Å². The molecule has 0 atom stereocenters. The summed E-state index contributed by atoms with van der Waals surface area (Å²) in [6.07, 6.45) is -1.60. The van der Waals surface area contributed by atoms with Crippen molar-refractivity contribution >= 4 is 22.1 Å². The molecular weight excluding hydrogens is 463 g/mol. The van der Waals surface area contributed by atoms with Crippen LogP contribution in [0.2, 0.25) is 0 Å². The van der Waals surface area contributed by atoms with Crippen LogP contribution in [-0.4, -0.2) is 44.2 Å². The molecule has 5 aromatic rings. The monoisotopic (exact) mass is 481 g/mol. The normalized spacial score (nSPS) is 11.8. The first-order valence-corrected chi connectivity index (χ1v) is 10.4. The van der Waals surface area contributed by atoms with Crippen molar-refractivity contribution in [1.82, 2.24) is 24.3 Å². The lowest BCUT2D eigenvalue weighted by Gasteiger charge is -2.14. The summed E-state index contributed by atoms with van der Waals surface area (Å²) in [5.41, 5.74) is 2.14. The Morgan fingerprint density at radius 3 is 2.51 bits per heavy atom. The number of aryl methyl sites for hydroxylation is 1. The van der Waals surface area contributed by atoms with Gasteiger partial charge in [-0.05, 0) is 48.0 Å². The predicted octanol–water partition coefficient (Wildman–Crippen LogP) is 4.28. The van der Waals surface area contributed by atoms with E-state index in [1.165, 1.54) is 11.7 Å². The molecule has 0 amide bonds. The number of nitrogens with zero attached hydrogens (tertiary/aromatic N) is 5. The van der Waals surface area contributed by atoms with Crippen molar-refractivity contribution in [1.29, 1.82) is 0 Å². The van der Waals surface area contributed by atoms with Crippen LogP contribution in [0.1, 0.15) is 0 Å². The summed E-state index contributed by atoms with van der Waals surface area (Å²) in [7, 11) is 3.32. The fraction of sp³-hybridized carbons (Fsp3) is 0.167. The third-order valence-corrected chi connectivity index (χ3v) is 5.33. The van der Waals surface area contributed by atoms with Crippen LogP contribution in [0.3, 0.4) is 0 Å². The van der Waals surface area contributed by atoms with Crippen LogP contribution in [0.4, 0.5) is 13.2 Å². The van der Waals surface area contributed by atoms with Gasteiger partial charge in [-0.25, -0.2) is 4.98 Å². The maximum atomic E-state index is 13.7. The first-order chi connectivity index (χ1) is 16.7. The second kappa shape index (κ2) is 8.42. The Balaban J connectivity index is 1.72. The summed E-state index contributed by atoms with van der Waals surface area (Å²) >= 11 is 0. The summed E-state index contributed by atoms with van der Waals surface area (Å²) < 4.78 is 50.9. The number of fused-ring (bicyclic) bond motifs is 2. The molecule has 178 valence electrons. The number of rotatable bonds is 5. The molecule has 0 saturated heterocycles. The van der Waals surface area contributed by atoms with Crippen LogP contribution in [0.15, 0.2) is 65.7 Å². The molecule has 3 aromatic heterocycles. The lowest BCUT2D eigenvalue weighted by molar-refractivity contribution is -0.154. The van der Waals surface area contributed by atoms with Crippen LogP contribution in [-0.2, 0) is 7.05 Å². The first-order valence-electron chi connectivity index (χ1n) is 10.4. The van der Waals surface area contributed by atoms with Gasteiger partial charge >= 0.3 is 6.18 Å². The van der Waals surface area contributed by atoms with Gasteiger partial charge in [0, 0.05) is 24.2 Å². The third kappa shape index (κ3) is 4.39. The zero-order valence-corrected chi connectivity index (χ0v) is 18.6. The molecule has 0 fully saturated rings. The average Bonchev–Trinajstić information content (AvgIpc) is 3.21. The van der Waals surface area contributed by atoms with Crippen molar-refractivity contribution < 1.29 is 22.6 Å². The smallest absolute Gasteiger partial charge is 0.422 e. The van der Waals surface area contributed by atoms with E-state index in [2.05, 4.69) is 15.1 Å². The standard InChI is InChI=1S/C24H18F3N5O3/c1-31-12-15-9-14(3-8-19(15)30-31)18-10-20-22(29-21(11-28-20)35-13-24(25,26)27)32(23(18)33)16-4-6-17(34-2)7-5-16/h3-12H,13H2,1-2H3. The Labute approximate surface area is 196 Å². The maximum Gasteiger partial charge on any atom is 0.422 e. The fourth-order valence-electron chi connectivity index (χ4n) is 3.77. The quantitative estimate of drug-likeness (QED) is 0.373. The van der Waals surface area contributed by atoms with Gasteiger partial charge in [0.2, 0.25) is 5.88 Å². The fourth-order valence-corrected chi connectivity index (χ4v) is 3.77. The predicted molar refractivity (Wildman–Crippen MR) is 123 cm³/mol. The topological polar surface area (TPSA) is 84.1 Å². The van der Waals surface area contributed by atoms with Gasteiger partial charge in [0.15, 0.2) is 12.3 Å². The van der Waals surface area contributed by atoms with Crippen LogP contribution >= 0.6 is 0 Å². The van der Waals surface area contributed by atoms with E-state index in [4.69, 9.17) is 9.47 Å². The van der Waals surface area contributed by atoms with Crippen molar-refractivity contribution in [2.75, 3.05) is 13.7 Å². The SMILES string of the molecule is COc1ccc(-n2c(=O)c(-c3ccc4nn(C)cc4c3)cc3ncc(OCC(F)(F)F)nc32)cc1. The van der Waals surface area contributed by atoms with E-state index in [-0.39, 0.29) is 11.5 Å². The summed E-state index contributed by atoms with van der Waals surface area (Å²) in [6, 6.07) is 13.6. The highest BCUT2D eigenvalue weighted by atomic mass is 19.4. The van der Waals surface area contributed by atoms with Crippen molar-refractivity contribution in [3.8, 4) is 28.4 Å². The second-order valence-electron chi connectivity index (χ2n) is 7.79. The van der Waals surface area contributed by atoms with E-state index in [1.807, 2.05) is 18.3 Å². The van der Waals surface area contributed by atoms with E-state index in [0.717, 1.165) is 17.1 Å². The van der Waals surface area contributed by atoms with Crippen LogP contribution in [0, 0.1) is 0 Å². The number of hydrogen-bond acceptors (Lipinski definition) is 6. The zero-order chi connectivity index (χ0) is 24.7. The maximum absolute atomic E-state index is 13.7. The lowest BCUT2D eigenvalue weighted by Crippen LogP contribution is -2.23. The van der Waals surface area contributed by atoms with Gasteiger partial charge in [-0.2, -0.15) is 23.3 Å². The number of halogens is 3. The van der Waals surface area contributed by atoms with E-state index in [0.29, 0.717) is 28.1 Å². The molecule has 0 spiro atoms. The van der Waals surface area contributed by atoms with Crippen LogP contribution in [0.25, 0.3) is 38.9 Å². The first kappa shape index (κ1) is 22.4. The molecule has 0 aliphatic heterocycles. The Bertz CT molecular complexity index is 1610. The van der Waals surface area contributed by atoms with Crippen molar-refractivity contribution in [2.24, 2.45) is 7.05 Å². The number of alkyl halides is 3. The average molecular weight is 481 g/mol. The van der Waals surface area contributed by atoms with Gasteiger partial charge in [0.25, 0.3) is 5.56 Å². The van der Waals surface area contributed by atoms with Gasteiger partial charge in [0.05, 0.1) is 24.5 Å². The summed E-state index contributed by atoms with van der Waals surface area (Å²) in [4.78, 5) is 22.1. The Kier molecular flexibility index (Phi) is 5.39. The number of pyridine rings is 1. The van der Waals surface area contributed by atoms with E-state index < -0.39 is 18.3 Å². The minimum Gasteiger partial charge on any atom is -0.497 e. The minimum absolute atomic E-state index is 0.0612. The third-order valence-electron chi connectivity index (χ3n) is 5.33. The molecule has 35 heavy (non-hydrogen) atoms. The summed E-state index contributed by atoms with van der Waals surface area (Å²) in [6.45, 7) is -1.52. The van der Waals surface area contributed by atoms with Gasteiger partial charge in [-0.15, -0.1) is 0 Å². The lowest BCUT2D eigenvalue weighted by atomic mass is 10.0. The number of aromatic nitrogens is 5. The largest absolute Gasteiger partial charge is 0.497 e. The number of hydrogen-bond donors (Lipinski definition) is 0. The van der Waals surface area contributed by atoms with Gasteiger partial charge < -0.3 is 9.47 Å². The highest BCUT2D eigenvalue weighted by Gasteiger charge is 2.29.